The number of benzene rings is 1. The largest absolute Gasteiger partial charge is 0.334 e. The quantitative estimate of drug-likeness (QED) is 0.713. The van der Waals surface area contributed by atoms with Crippen LogP contribution in [0.4, 0.5) is 8.78 Å². The summed E-state index contributed by atoms with van der Waals surface area (Å²) < 4.78 is 55.7. The summed E-state index contributed by atoms with van der Waals surface area (Å²) in [6.07, 6.45) is 1.45. The SMILES string of the molecule is CC1(C)[C@@H](c2ccc(S(N)(=O)=O)nc2)[C@@H]1c1noc(-c2c(F)cccc2F)n1. The summed E-state index contributed by atoms with van der Waals surface area (Å²) in [7, 11) is -3.88. The molecule has 1 saturated carbocycles. The molecule has 10 heteroatoms. The van der Waals surface area contributed by atoms with Crippen molar-refractivity contribution in [1.29, 1.82) is 0 Å². The van der Waals surface area contributed by atoms with Crippen LogP contribution >= 0.6 is 0 Å². The molecule has 0 amide bonds. The first-order valence-electron chi connectivity index (χ1n) is 8.37. The Balaban J connectivity index is 1.65. The van der Waals surface area contributed by atoms with E-state index in [-0.39, 0.29) is 33.7 Å². The van der Waals surface area contributed by atoms with Crippen molar-refractivity contribution in [3.8, 4) is 11.5 Å². The van der Waals surface area contributed by atoms with Crippen molar-refractivity contribution in [3.63, 3.8) is 0 Å². The van der Waals surface area contributed by atoms with Crippen LogP contribution in [-0.4, -0.2) is 23.5 Å². The maximum Gasteiger partial charge on any atom is 0.263 e. The highest BCUT2D eigenvalue weighted by molar-refractivity contribution is 7.89. The van der Waals surface area contributed by atoms with Gasteiger partial charge in [-0.15, -0.1) is 0 Å². The molecule has 4 rings (SSSR count). The molecular weight excluding hydrogens is 390 g/mol. The molecule has 0 unspecified atom stereocenters. The lowest BCUT2D eigenvalue weighted by Gasteiger charge is -2.03. The molecule has 1 fully saturated rings. The molecule has 0 radical (unpaired) electrons. The van der Waals surface area contributed by atoms with Crippen molar-refractivity contribution in [2.75, 3.05) is 0 Å². The van der Waals surface area contributed by atoms with Gasteiger partial charge in [0.05, 0.1) is 0 Å². The summed E-state index contributed by atoms with van der Waals surface area (Å²) >= 11 is 0. The van der Waals surface area contributed by atoms with E-state index in [0.717, 1.165) is 17.7 Å². The van der Waals surface area contributed by atoms with Crippen LogP contribution in [0.15, 0.2) is 46.1 Å². The van der Waals surface area contributed by atoms with Crippen molar-refractivity contribution >= 4 is 10.0 Å². The number of pyridine rings is 1. The fourth-order valence-electron chi connectivity index (χ4n) is 3.65. The number of sulfonamides is 1. The van der Waals surface area contributed by atoms with Crippen LogP contribution in [0, 0.1) is 17.0 Å². The van der Waals surface area contributed by atoms with E-state index in [2.05, 4.69) is 15.1 Å². The topological polar surface area (TPSA) is 112 Å². The normalized spacial score (nSPS) is 20.9. The second kappa shape index (κ2) is 6.14. The second-order valence-electron chi connectivity index (χ2n) is 7.31. The number of nitrogens with zero attached hydrogens (tertiary/aromatic N) is 3. The van der Waals surface area contributed by atoms with Gasteiger partial charge in [0, 0.05) is 18.0 Å². The van der Waals surface area contributed by atoms with Gasteiger partial charge in [-0.05, 0) is 29.2 Å². The molecule has 0 saturated heterocycles. The molecule has 1 aliphatic carbocycles. The summed E-state index contributed by atoms with van der Waals surface area (Å²) in [4.78, 5) is 8.10. The third-order valence-electron chi connectivity index (χ3n) is 5.13. The average Bonchev–Trinajstić information content (AvgIpc) is 2.95. The monoisotopic (exact) mass is 406 g/mol. The van der Waals surface area contributed by atoms with Crippen molar-refractivity contribution in [2.24, 2.45) is 10.6 Å². The van der Waals surface area contributed by atoms with Gasteiger partial charge in [0.1, 0.15) is 17.2 Å². The van der Waals surface area contributed by atoms with E-state index in [1.165, 1.54) is 18.3 Å². The molecular formula is C18H16F2N4O3S. The number of primary sulfonamides is 1. The van der Waals surface area contributed by atoms with Crippen LogP contribution in [0.3, 0.4) is 0 Å². The van der Waals surface area contributed by atoms with Crippen molar-refractivity contribution < 1.29 is 21.7 Å². The molecule has 2 atom stereocenters. The number of hydrogen-bond acceptors (Lipinski definition) is 6. The molecule has 2 aromatic heterocycles. The van der Waals surface area contributed by atoms with E-state index in [4.69, 9.17) is 9.66 Å². The minimum atomic E-state index is -3.88. The molecule has 1 aliphatic rings. The van der Waals surface area contributed by atoms with Gasteiger partial charge in [-0.25, -0.2) is 27.3 Å². The van der Waals surface area contributed by atoms with Gasteiger partial charge in [-0.2, -0.15) is 4.98 Å². The molecule has 0 spiro atoms. The Morgan fingerprint density at radius 1 is 1.11 bits per heavy atom. The van der Waals surface area contributed by atoms with E-state index >= 15 is 0 Å². The van der Waals surface area contributed by atoms with Crippen LogP contribution < -0.4 is 5.14 Å². The van der Waals surface area contributed by atoms with Gasteiger partial charge in [0.2, 0.25) is 0 Å². The maximum absolute atomic E-state index is 14.0. The van der Waals surface area contributed by atoms with Gasteiger partial charge >= 0.3 is 0 Å². The standard InChI is InChI=1S/C18H16F2N4O3S/c1-18(2)14(9-6-7-12(22-8-9)28(21,25)26)15(18)16-23-17(27-24-16)13-10(19)4-3-5-11(13)20/h3-8,14-15H,1-2H3,(H2,21,25,26)/t14-,15+/m0/s1. The summed E-state index contributed by atoms with van der Waals surface area (Å²) in [5.74, 6) is -1.72. The molecule has 3 aromatic rings. The number of hydrogen-bond donors (Lipinski definition) is 1. The minimum absolute atomic E-state index is 0.0644. The van der Waals surface area contributed by atoms with Crippen LogP contribution in [0.25, 0.3) is 11.5 Å². The Bertz CT molecular complexity index is 1140. The van der Waals surface area contributed by atoms with E-state index in [9.17, 15) is 17.2 Å². The highest BCUT2D eigenvalue weighted by Gasteiger charge is 2.61. The van der Waals surface area contributed by atoms with E-state index < -0.39 is 21.7 Å². The average molecular weight is 406 g/mol. The number of rotatable bonds is 4. The van der Waals surface area contributed by atoms with Gasteiger partial charge in [-0.1, -0.05) is 31.1 Å². The van der Waals surface area contributed by atoms with Crippen molar-refractivity contribution in [1.82, 2.24) is 15.1 Å². The third-order valence-corrected chi connectivity index (χ3v) is 5.96. The first-order chi connectivity index (χ1) is 13.1. The molecule has 28 heavy (non-hydrogen) atoms. The molecule has 2 heterocycles. The van der Waals surface area contributed by atoms with Crippen molar-refractivity contribution in [3.05, 3.63) is 59.6 Å². The lowest BCUT2D eigenvalue weighted by Crippen LogP contribution is -2.13. The Morgan fingerprint density at radius 2 is 1.79 bits per heavy atom. The summed E-state index contributed by atoms with van der Waals surface area (Å²) in [6.45, 7) is 3.96. The lowest BCUT2D eigenvalue weighted by molar-refractivity contribution is 0.414. The molecule has 146 valence electrons. The zero-order valence-corrected chi connectivity index (χ0v) is 15.7. The molecule has 0 bridgehead atoms. The highest BCUT2D eigenvalue weighted by Crippen LogP contribution is 2.69. The minimum Gasteiger partial charge on any atom is -0.334 e. The van der Waals surface area contributed by atoms with Gasteiger partial charge in [0.15, 0.2) is 10.9 Å². The number of nitrogens with two attached hydrogens (primary N) is 1. The second-order valence-corrected chi connectivity index (χ2v) is 8.81. The Labute approximate surface area is 159 Å². The van der Waals surface area contributed by atoms with Crippen LogP contribution in [0.1, 0.15) is 37.1 Å². The van der Waals surface area contributed by atoms with Gasteiger partial charge in [0.25, 0.3) is 15.9 Å². The molecule has 1 aromatic carbocycles. The van der Waals surface area contributed by atoms with E-state index in [1.807, 2.05) is 13.8 Å². The van der Waals surface area contributed by atoms with E-state index in [1.54, 1.807) is 6.07 Å². The van der Waals surface area contributed by atoms with E-state index in [0.29, 0.717) is 5.82 Å². The zero-order valence-electron chi connectivity index (χ0n) is 14.9. The van der Waals surface area contributed by atoms with Gasteiger partial charge < -0.3 is 4.52 Å². The molecule has 2 N–H and O–H groups in total. The predicted octanol–water partition coefficient (Wildman–Crippen LogP) is 2.96. The van der Waals surface area contributed by atoms with Crippen LogP contribution in [0.5, 0.6) is 0 Å². The Hall–Kier alpha value is -2.72. The lowest BCUT2D eigenvalue weighted by atomic mass is 10.1. The highest BCUT2D eigenvalue weighted by atomic mass is 32.2. The summed E-state index contributed by atoms with van der Waals surface area (Å²) in [5.41, 5.74) is 0.140. The number of aromatic nitrogens is 3. The summed E-state index contributed by atoms with van der Waals surface area (Å²) in [6, 6.07) is 6.46. The maximum atomic E-state index is 14.0. The number of halogens is 2. The molecule has 0 aliphatic heterocycles. The van der Waals surface area contributed by atoms with Crippen molar-refractivity contribution in [2.45, 2.75) is 30.7 Å². The van der Waals surface area contributed by atoms with Crippen LogP contribution in [0.2, 0.25) is 0 Å². The molecule has 7 nitrogen and oxygen atoms in total. The fourth-order valence-corrected chi connectivity index (χ4v) is 4.11. The fraction of sp³-hybridized carbons (Fsp3) is 0.278. The summed E-state index contributed by atoms with van der Waals surface area (Å²) in [5, 5.41) is 8.76. The Morgan fingerprint density at radius 3 is 2.36 bits per heavy atom. The first-order valence-corrected chi connectivity index (χ1v) is 9.92. The first kappa shape index (κ1) is 18.6. The smallest absolute Gasteiger partial charge is 0.263 e. The zero-order chi connectivity index (χ0) is 20.3. The Kier molecular flexibility index (Phi) is 4.09. The van der Waals surface area contributed by atoms with Crippen LogP contribution in [-0.2, 0) is 10.0 Å². The van der Waals surface area contributed by atoms with Gasteiger partial charge in [-0.3, -0.25) is 0 Å². The predicted molar refractivity (Wildman–Crippen MR) is 94.5 cm³/mol. The third kappa shape index (κ3) is 2.98.